The first-order chi connectivity index (χ1) is 11.8. The molecule has 0 amide bonds. The maximum atomic E-state index is 9.93. The molecule has 1 saturated heterocycles. The fourth-order valence-electron chi connectivity index (χ4n) is 3.37. The minimum Gasteiger partial charge on any atom is -0.508 e. The Bertz CT molecular complexity index is 753. The second-order valence-electron chi connectivity index (χ2n) is 6.18. The average Bonchev–Trinajstić information content (AvgIpc) is 3.34. The summed E-state index contributed by atoms with van der Waals surface area (Å²) in [6.45, 7) is 0. The zero-order chi connectivity index (χ0) is 16.4. The van der Waals surface area contributed by atoms with Gasteiger partial charge in [0.25, 0.3) is 0 Å². The van der Waals surface area contributed by atoms with Gasteiger partial charge < -0.3 is 14.4 Å². The molecule has 3 nitrogen and oxygen atoms in total. The van der Waals surface area contributed by atoms with E-state index in [-0.39, 0.29) is 36.4 Å². The van der Waals surface area contributed by atoms with Gasteiger partial charge >= 0.3 is 7.12 Å². The Hall–Kier alpha value is -1.78. The van der Waals surface area contributed by atoms with E-state index in [9.17, 15) is 5.11 Å². The third-order valence-corrected chi connectivity index (χ3v) is 4.60. The number of phenols is 1. The van der Waals surface area contributed by atoms with Crippen LogP contribution in [0.5, 0.6) is 5.75 Å². The second-order valence-corrected chi connectivity index (χ2v) is 6.18. The minimum atomic E-state index is -0.263. The Balaban J connectivity index is 0.000000264. The Morgan fingerprint density at radius 3 is 2.32 bits per heavy atom. The summed E-state index contributed by atoms with van der Waals surface area (Å²) in [7, 11) is -0.263. The van der Waals surface area contributed by atoms with Crippen LogP contribution in [-0.2, 0) is 39.2 Å². The quantitative estimate of drug-likeness (QED) is 0.526. The van der Waals surface area contributed by atoms with Crippen LogP contribution in [0, 0.1) is 0 Å². The van der Waals surface area contributed by atoms with Gasteiger partial charge in [-0.15, -0.1) is 0 Å². The Kier molecular flexibility index (Phi) is 5.82. The van der Waals surface area contributed by atoms with Crippen LogP contribution in [0.15, 0.2) is 72.8 Å². The minimum absolute atomic E-state index is 0. The van der Waals surface area contributed by atoms with Crippen LogP contribution in [0.1, 0.15) is 11.1 Å². The van der Waals surface area contributed by atoms with E-state index in [1.165, 1.54) is 5.56 Å². The third kappa shape index (κ3) is 3.91. The molecule has 0 saturated carbocycles. The molecular formula is C20H19BFeO3-2. The summed E-state index contributed by atoms with van der Waals surface area (Å²) in [5, 5.41) is 9.93. The molecule has 25 heavy (non-hydrogen) atoms. The van der Waals surface area contributed by atoms with Crippen molar-refractivity contribution in [3.63, 3.8) is 0 Å². The molecule has 1 N–H and O–H groups in total. The molecule has 2 atom stereocenters. The molecule has 1 aliphatic carbocycles. The first-order valence-electron chi connectivity index (χ1n) is 8.30. The molecule has 0 radical (unpaired) electrons. The molecule has 0 bridgehead atoms. The van der Waals surface area contributed by atoms with E-state index in [1.807, 2.05) is 60.7 Å². The van der Waals surface area contributed by atoms with Crippen LogP contribution < -0.4 is 5.46 Å². The number of fused-ring (bicyclic) bond motifs is 2. The predicted octanol–water partition coefficient (Wildman–Crippen LogP) is 2.79. The molecule has 1 fully saturated rings. The van der Waals surface area contributed by atoms with Gasteiger partial charge in [-0.2, -0.15) is 41.9 Å². The standard InChI is InChI=1S/C15H14BO3.C5H5.Fe/c17-13-7-3-4-10-8-14-15(9-12(10)13)19-16(18-14)11-5-1-2-6-11;1-2-4-5-3-1;/h1-7,14-15,17H,8-9H2;1-5H;/q2*-1;/t14-,15+;;/m0../s1. The Labute approximate surface area is 158 Å². The maximum absolute atomic E-state index is 9.93. The average molecular weight is 374 g/mol. The Morgan fingerprint density at radius 2 is 1.68 bits per heavy atom. The van der Waals surface area contributed by atoms with Crippen molar-refractivity contribution in [2.45, 2.75) is 25.0 Å². The van der Waals surface area contributed by atoms with Gasteiger partial charge in [-0.25, -0.2) is 18.2 Å². The van der Waals surface area contributed by atoms with Crippen molar-refractivity contribution in [3.05, 3.63) is 83.9 Å². The van der Waals surface area contributed by atoms with Crippen molar-refractivity contribution >= 4 is 12.6 Å². The monoisotopic (exact) mass is 374 g/mol. The molecule has 5 rings (SSSR count). The maximum Gasteiger partial charge on any atom is 0.406 e. The number of hydrogen-bond donors (Lipinski definition) is 1. The fourth-order valence-corrected chi connectivity index (χ4v) is 3.37. The van der Waals surface area contributed by atoms with E-state index in [0.717, 1.165) is 23.9 Å². The van der Waals surface area contributed by atoms with Gasteiger partial charge in [0.1, 0.15) is 5.75 Å². The number of rotatable bonds is 1. The SMILES string of the molecule is Oc1cccc2c1C[C@H]1OB(c3cc[cH-]c3)O[C@H]1C2.[Fe].c1cc[cH-]c1. The molecule has 0 aromatic heterocycles. The van der Waals surface area contributed by atoms with Gasteiger partial charge in [-0.1, -0.05) is 12.1 Å². The molecule has 5 heteroatoms. The van der Waals surface area contributed by atoms with Gasteiger partial charge in [0.05, 0.1) is 12.2 Å². The summed E-state index contributed by atoms with van der Waals surface area (Å²) in [4.78, 5) is 0. The van der Waals surface area contributed by atoms with Crippen molar-refractivity contribution in [2.24, 2.45) is 0 Å². The number of phenolic OH excluding ortho intramolecular Hbond substituents is 1. The Morgan fingerprint density at radius 1 is 0.920 bits per heavy atom. The van der Waals surface area contributed by atoms with E-state index in [4.69, 9.17) is 9.31 Å². The van der Waals surface area contributed by atoms with Crippen LogP contribution in [0.3, 0.4) is 0 Å². The number of benzene rings is 1. The molecule has 2 aliphatic rings. The molecule has 0 unspecified atom stereocenters. The summed E-state index contributed by atoms with van der Waals surface area (Å²) in [6, 6.07) is 23.7. The van der Waals surface area contributed by atoms with E-state index in [2.05, 4.69) is 6.07 Å². The first kappa shape index (κ1) is 18.0. The van der Waals surface area contributed by atoms with E-state index in [0.29, 0.717) is 5.75 Å². The second kappa shape index (κ2) is 8.07. The third-order valence-electron chi connectivity index (χ3n) is 4.60. The van der Waals surface area contributed by atoms with Crippen molar-refractivity contribution in [1.82, 2.24) is 0 Å². The predicted molar refractivity (Wildman–Crippen MR) is 94.7 cm³/mol. The summed E-state index contributed by atoms with van der Waals surface area (Å²) in [5.41, 5.74) is 3.26. The topological polar surface area (TPSA) is 38.7 Å². The van der Waals surface area contributed by atoms with Crippen LogP contribution in [0.4, 0.5) is 0 Å². The fraction of sp³-hybridized carbons (Fsp3) is 0.200. The van der Waals surface area contributed by atoms with Crippen molar-refractivity contribution < 1.29 is 31.5 Å². The van der Waals surface area contributed by atoms with Crippen molar-refractivity contribution in [2.75, 3.05) is 0 Å². The van der Waals surface area contributed by atoms with Crippen LogP contribution in [-0.4, -0.2) is 24.4 Å². The van der Waals surface area contributed by atoms with Crippen LogP contribution in [0.2, 0.25) is 0 Å². The molecule has 1 heterocycles. The zero-order valence-corrected chi connectivity index (χ0v) is 14.8. The zero-order valence-electron chi connectivity index (χ0n) is 13.7. The molecule has 3 aromatic rings. The van der Waals surface area contributed by atoms with Gasteiger partial charge in [-0.05, 0) is 23.6 Å². The van der Waals surface area contributed by atoms with Gasteiger partial charge in [-0.3, -0.25) is 0 Å². The summed E-state index contributed by atoms with van der Waals surface area (Å²) in [5.74, 6) is 0.372. The largest absolute Gasteiger partial charge is 0.508 e. The van der Waals surface area contributed by atoms with E-state index >= 15 is 0 Å². The molecule has 1 aliphatic heterocycles. The smallest absolute Gasteiger partial charge is 0.406 e. The summed E-state index contributed by atoms with van der Waals surface area (Å²) < 4.78 is 12.0. The molecule has 3 aromatic carbocycles. The van der Waals surface area contributed by atoms with Gasteiger partial charge in [0, 0.05) is 23.5 Å². The summed E-state index contributed by atoms with van der Waals surface area (Å²) in [6.07, 6.45) is 1.67. The first-order valence-corrected chi connectivity index (χ1v) is 8.30. The van der Waals surface area contributed by atoms with E-state index in [1.54, 1.807) is 6.07 Å². The number of aromatic hydroxyl groups is 1. The normalized spacial score (nSPS) is 20.7. The number of hydrogen-bond acceptors (Lipinski definition) is 3. The molecule has 130 valence electrons. The van der Waals surface area contributed by atoms with Crippen LogP contribution >= 0.6 is 0 Å². The van der Waals surface area contributed by atoms with Crippen molar-refractivity contribution in [1.29, 1.82) is 0 Å². The van der Waals surface area contributed by atoms with E-state index < -0.39 is 0 Å². The van der Waals surface area contributed by atoms with Gasteiger partial charge in [0.15, 0.2) is 0 Å². The van der Waals surface area contributed by atoms with Gasteiger partial charge in [0.2, 0.25) is 0 Å². The van der Waals surface area contributed by atoms with Crippen molar-refractivity contribution in [3.8, 4) is 5.75 Å². The summed E-state index contributed by atoms with van der Waals surface area (Å²) >= 11 is 0. The molecular weight excluding hydrogens is 355 g/mol. The van der Waals surface area contributed by atoms with Crippen LogP contribution in [0.25, 0.3) is 0 Å². The molecule has 0 spiro atoms.